The van der Waals surface area contributed by atoms with Crippen LogP contribution in [-0.2, 0) is 0 Å². The Labute approximate surface area is 115 Å². The van der Waals surface area contributed by atoms with Gasteiger partial charge in [-0.15, -0.1) is 24.0 Å². The van der Waals surface area contributed by atoms with Crippen molar-refractivity contribution in [1.82, 2.24) is 10.2 Å². The molecule has 1 saturated heterocycles. The molecule has 0 aromatic carbocycles. The van der Waals surface area contributed by atoms with Crippen molar-refractivity contribution in [2.75, 3.05) is 20.1 Å². The van der Waals surface area contributed by atoms with Gasteiger partial charge in [0.05, 0.1) is 0 Å². The van der Waals surface area contributed by atoms with E-state index in [0.717, 1.165) is 6.04 Å². The van der Waals surface area contributed by atoms with Gasteiger partial charge in [-0.3, -0.25) is 4.99 Å². The van der Waals surface area contributed by atoms with E-state index in [1.807, 2.05) is 0 Å². The molecule has 0 aromatic rings. The third kappa shape index (κ3) is 3.48. The molecule has 4 nitrogen and oxygen atoms in total. The van der Waals surface area contributed by atoms with Crippen molar-refractivity contribution in [3.63, 3.8) is 0 Å². The first-order chi connectivity index (χ1) is 7.29. The fraction of sp³-hybridized carbons (Fsp3) is 0.909. The van der Waals surface area contributed by atoms with Crippen LogP contribution in [0.15, 0.2) is 4.99 Å². The van der Waals surface area contributed by atoms with Crippen LogP contribution in [0.3, 0.4) is 0 Å². The fourth-order valence-electron chi connectivity index (χ4n) is 2.56. The maximum absolute atomic E-state index is 5.63. The summed E-state index contributed by atoms with van der Waals surface area (Å²) < 4.78 is 0. The molecule has 0 amide bonds. The second kappa shape index (κ2) is 6.64. The SMILES string of the molecule is CN=C(N)NC1CC(N2CCCCC2)C1.I. The van der Waals surface area contributed by atoms with E-state index in [-0.39, 0.29) is 24.0 Å². The number of likely N-dealkylation sites (tertiary alicyclic amines) is 1. The summed E-state index contributed by atoms with van der Waals surface area (Å²) in [6.45, 7) is 2.60. The van der Waals surface area contributed by atoms with Crippen LogP contribution in [0.4, 0.5) is 0 Å². The first-order valence-electron chi connectivity index (χ1n) is 6.02. The Bertz CT molecular complexity index is 232. The highest BCUT2D eigenvalue weighted by Gasteiger charge is 2.34. The molecule has 0 unspecified atom stereocenters. The molecule has 16 heavy (non-hydrogen) atoms. The maximum atomic E-state index is 5.63. The summed E-state index contributed by atoms with van der Waals surface area (Å²) in [5.74, 6) is 0.581. The van der Waals surface area contributed by atoms with Gasteiger partial charge >= 0.3 is 0 Å². The largest absolute Gasteiger partial charge is 0.370 e. The number of halogens is 1. The number of hydrogen-bond donors (Lipinski definition) is 2. The highest BCUT2D eigenvalue weighted by Crippen LogP contribution is 2.27. The van der Waals surface area contributed by atoms with Crippen LogP contribution >= 0.6 is 24.0 Å². The Morgan fingerprint density at radius 3 is 2.44 bits per heavy atom. The van der Waals surface area contributed by atoms with Crippen molar-refractivity contribution in [3.8, 4) is 0 Å². The van der Waals surface area contributed by atoms with Crippen LogP contribution in [0.2, 0.25) is 0 Å². The minimum absolute atomic E-state index is 0. The predicted molar refractivity (Wildman–Crippen MR) is 78.3 cm³/mol. The van der Waals surface area contributed by atoms with E-state index < -0.39 is 0 Å². The molecule has 2 fully saturated rings. The number of nitrogens with one attached hydrogen (secondary N) is 1. The van der Waals surface area contributed by atoms with Gasteiger partial charge in [0.1, 0.15) is 0 Å². The number of aliphatic imine (C=N–C) groups is 1. The second-order valence-corrected chi connectivity index (χ2v) is 4.67. The molecule has 5 heteroatoms. The van der Waals surface area contributed by atoms with Gasteiger partial charge in [-0.2, -0.15) is 0 Å². The van der Waals surface area contributed by atoms with E-state index in [1.54, 1.807) is 7.05 Å². The van der Waals surface area contributed by atoms with Crippen molar-refractivity contribution >= 4 is 29.9 Å². The lowest BCUT2D eigenvalue weighted by Gasteiger charge is -2.44. The van der Waals surface area contributed by atoms with E-state index in [0.29, 0.717) is 12.0 Å². The van der Waals surface area contributed by atoms with Gasteiger partial charge < -0.3 is 16.0 Å². The van der Waals surface area contributed by atoms with E-state index in [9.17, 15) is 0 Å². The first-order valence-corrected chi connectivity index (χ1v) is 6.02. The Balaban J connectivity index is 0.00000128. The lowest BCUT2D eigenvalue weighted by molar-refractivity contribution is 0.0846. The van der Waals surface area contributed by atoms with Gasteiger partial charge in [-0.25, -0.2) is 0 Å². The molecule has 0 atom stereocenters. The third-order valence-electron chi connectivity index (χ3n) is 3.61. The van der Waals surface area contributed by atoms with Crippen LogP contribution in [0.5, 0.6) is 0 Å². The summed E-state index contributed by atoms with van der Waals surface area (Å²) in [6.07, 6.45) is 6.65. The highest BCUT2D eigenvalue weighted by atomic mass is 127. The van der Waals surface area contributed by atoms with Crippen LogP contribution in [0.25, 0.3) is 0 Å². The standard InChI is InChI=1S/C11H22N4.HI/c1-13-11(12)14-9-7-10(8-9)15-5-3-2-4-6-15;/h9-10H,2-8H2,1H3,(H3,12,13,14);1H. The number of hydrogen-bond acceptors (Lipinski definition) is 2. The maximum Gasteiger partial charge on any atom is 0.188 e. The summed E-state index contributed by atoms with van der Waals surface area (Å²) in [4.78, 5) is 6.56. The summed E-state index contributed by atoms with van der Waals surface area (Å²) in [7, 11) is 1.73. The number of guanidine groups is 1. The van der Waals surface area contributed by atoms with Crippen LogP contribution in [-0.4, -0.2) is 43.1 Å². The molecule has 1 aliphatic carbocycles. The molecule has 2 aliphatic rings. The topological polar surface area (TPSA) is 53.6 Å². The molecule has 2 rings (SSSR count). The molecule has 0 radical (unpaired) electrons. The lowest BCUT2D eigenvalue weighted by atomic mass is 9.84. The zero-order valence-corrected chi connectivity index (χ0v) is 12.3. The summed E-state index contributed by atoms with van der Waals surface area (Å²) in [6, 6.07) is 1.35. The van der Waals surface area contributed by atoms with Crippen molar-refractivity contribution in [1.29, 1.82) is 0 Å². The summed E-state index contributed by atoms with van der Waals surface area (Å²) >= 11 is 0. The van der Waals surface area contributed by atoms with Gasteiger partial charge in [0, 0.05) is 19.1 Å². The Hall–Kier alpha value is -0.0400. The number of nitrogens with two attached hydrogens (primary N) is 1. The van der Waals surface area contributed by atoms with E-state index >= 15 is 0 Å². The smallest absolute Gasteiger partial charge is 0.188 e. The molecule has 0 aromatic heterocycles. The predicted octanol–water partition coefficient (Wildman–Crippen LogP) is 1.16. The van der Waals surface area contributed by atoms with Gasteiger partial charge in [-0.05, 0) is 38.8 Å². The average Bonchev–Trinajstić information content (AvgIpc) is 2.23. The zero-order valence-electron chi connectivity index (χ0n) is 9.98. The van der Waals surface area contributed by atoms with Crippen LogP contribution in [0.1, 0.15) is 32.1 Å². The van der Waals surface area contributed by atoms with Gasteiger partial charge in [-0.1, -0.05) is 6.42 Å². The summed E-state index contributed by atoms with van der Waals surface area (Å²) in [5.41, 5.74) is 5.63. The quantitative estimate of drug-likeness (QED) is 0.451. The molecule has 1 saturated carbocycles. The minimum Gasteiger partial charge on any atom is -0.370 e. The molecule has 3 N–H and O–H groups in total. The molecule has 94 valence electrons. The average molecular weight is 338 g/mol. The van der Waals surface area contributed by atoms with Crippen LogP contribution in [0, 0.1) is 0 Å². The van der Waals surface area contributed by atoms with Gasteiger partial charge in [0.15, 0.2) is 5.96 Å². The van der Waals surface area contributed by atoms with Gasteiger partial charge in [0.25, 0.3) is 0 Å². The van der Waals surface area contributed by atoms with Crippen molar-refractivity contribution in [2.24, 2.45) is 10.7 Å². The molecule has 0 spiro atoms. The Kier molecular flexibility index (Phi) is 5.82. The second-order valence-electron chi connectivity index (χ2n) is 4.67. The van der Waals surface area contributed by atoms with Crippen LogP contribution < -0.4 is 11.1 Å². The number of nitrogens with zero attached hydrogens (tertiary/aromatic N) is 2. The monoisotopic (exact) mass is 338 g/mol. The summed E-state index contributed by atoms with van der Waals surface area (Å²) in [5, 5.41) is 3.24. The highest BCUT2D eigenvalue weighted by molar-refractivity contribution is 14.0. The van der Waals surface area contributed by atoms with E-state index in [2.05, 4.69) is 15.2 Å². The first kappa shape index (κ1) is 14.0. The number of rotatable bonds is 2. The molecule has 0 bridgehead atoms. The van der Waals surface area contributed by atoms with Crippen molar-refractivity contribution in [2.45, 2.75) is 44.2 Å². The molecular weight excluding hydrogens is 315 g/mol. The Morgan fingerprint density at radius 1 is 1.25 bits per heavy atom. The zero-order chi connectivity index (χ0) is 10.7. The normalized spacial score (nSPS) is 31.4. The Morgan fingerprint density at radius 2 is 1.88 bits per heavy atom. The lowest BCUT2D eigenvalue weighted by Crippen LogP contribution is -2.56. The van der Waals surface area contributed by atoms with E-state index in [4.69, 9.17) is 5.73 Å². The molecule has 1 heterocycles. The third-order valence-corrected chi connectivity index (χ3v) is 3.61. The van der Waals surface area contributed by atoms with Crippen molar-refractivity contribution in [3.05, 3.63) is 0 Å². The minimum atomic E-state index is 0. The molecular formula is C11H23IN4. The molecule has 1 aliphatic heterocycles. The van der Waals surface area contributed by atoms with Crippen molar-refractivity contribution < 1.29 is 0 Å². The van der Waals surface area contributed by atoms with Gasteiger partial charge in [0.2, 0.25) is 0 Å². The van der Waals surface area contributed by atoms with E-state index in [1.165, 1.54) is 45.2 Å². The fourth-order valence-corrected chi connectivity index (χ4v) is 2.56. The number of piperidine rings is 1.